The third-order valence-electron chi connectivity index (χ3n) is 6.19. The molecule has 1 aliphatic rings. The zero-order chi connectivity index (χ0) is 26.3. The second-order valence-corrected chi connectivity index (χ2v) is 11.2. The Morgan fingerprint density at radius 1 is 1.03 bits per heavy atom. The molecule has 0 bridgehead atoms. The molecule has 4 heterocycles. The molecule has 1 fully saturated rings. The second kappa shape index (κ2) is 9.54. The lowest BCUT2D eigenvalue weighted by Crippen LogP contribution is -2.27. The van der Waals surface area contributed by atoms with Gasteiger partial charge < -0.3 is 5.32 Å². The lowest BCUT2D eigenvalue weighted by molar-refractivity contribution is 0.600. The Hall–Kier alpha value is -3.87. The number of aromatic nitrogens is 8. The van der Waals surface area contributed by atoms with Gasteiger partial charge in [0.05, 0.1) is 29.2 Å². The van der Waals surface area contributed by atoms with Gasteiger partial charge in [0.1, 0.15) is 22.6 Å². The van der Waals surface area contributed by atoms with E-state index >= 15 is 0 Å². The van der Waals surface area contributed by atoms with Crippen LogP contribution in [0.15, 0.2) is 28.4 Å². The normalized spacial score (nSPS) is 13.7. The molecule has 37 heavy (non-hydrogen) atoms. The first-order valence-corrected chi connectivity index (χ1v) is 13.9. The maximum atomic E-state index is 13.4. The Labute approximate surface area is 213 Å². The standard InChI is InChI=1S/C24H27N9O3S/c1-5-8-33-23-19(14(3)30-21(32-23)18-13(2)28-12-29-20(18)15-6-7-15)31-22(24(33)34)27-11-17-25-9-16(10-26-17)37(4,35)36/h9-10,12,15H,5-8,11H2,1-4H3,(H,27,31). The third kappa shape index (κ3) is 4.90. The van der Waals surface area contributed by atoms with Crippen LogP contribution >= 0.6 is 0 Å². The number of nitrogens with zero attached hydrogens (tertiary/aromatic N) is 8. The fourth-order valence-electron chi connectivity index (χ4n) is 4.14. The van der Waals surface area contributed by atoms with Gasteiger partial charge in [-0.2, -0.15) is 0 Å². The molecule has 0 unspecified atom stereocenters. The summed E-state index contributed by atoms with van der Waals surface area (Å²) in [5.41, 5.74) is 3.84. The van der Waals surface area contributed by atoms with Crippen molar-refractivity contribution in [2.75, 3.05) is 11.6 Å². The van der Waals surface area contributed by atoms with Crippen molar-refractivity contribution in [2.24, 2.45) is 0 Å². The van der Waals surface area contributed by atoms with Crippen LogP contribution in [-0.2, 0) is 22.9 Å². The molecule has 4 aromatic rings. The van der Waals surface area contributed by atoms with Crippen molar-refractivity contribution in [1.29, 1.82) is 0 Å². The molecule has 4 aromatic heterocycles. The predicted octanol–water partition coefficient (Wildman–Crippen LogP) is 2.35. The van der Waals surface area contributed by atoms with Gasteiger partial charge in [-0.15, -0.1) is 0 Å². The molecule has 0 aliphatic heterocycles. The summed E-state index contributed by atoms with van der Waals surface area (Å²) in [6.45, 7) is 6.28. The van der Waals surface area contributed by atoms with Gasteiger partial charge in [-0.3, -0.25) is 9.36 Å². The lowest BCUT2D eigenvalue weighted by Gasteiger charge is -2.15. The van der Waals surface area contributed by atoms with Crippen LogP contribution in [0.3, 0.4) is 0 Å². The van der Waals surface area contributed by atoms with Crippen LogP contribution in [0, 0.1) is 13.8 Å². The van der Waals surface area contributed by atoms with Crippen LogP contribution in [-0.4, -0.2) is 54.1 Å². The van der Waals surface area contributed by atoms with E-state index in [1.807, 2.05) is 20.8 Å². The first-order chi connectivity index (χ1) is 17.7. The minimum Gasteiger partial charge on any atom is -0.358 e. The minimum absolute atomic E-state index is 0.0258. The van der Waals surface area contributed by atoms with E-state index in [-0.39, 0.29) is 22.8 Å². The number of aryl methyl sites for hydroxylation is 3. The summed E-state index contributed by atoms with van der Waals surface area (Å²) in [7, 11) is -3.40. The fourth-order valence-corrected chi connectivity index (χ4v) is 4.62. The van der Waals surface area contributed by atoms with Crippen LogP contribution < -0.4 is 10.9 Å². The molecule has 0 aromatic carbocycles. The summed E-state index contributed by atoms with van der Waals surface area (Å²) in [5, 5.41) is 3.00. The zero-order valence-electron chi connectivity index (χ0n) is 21.1. The number of sulfone groups is 1. The van der Waals surface area contributed by atoms with E-state index < -0.39 is 9.84 Å². The largest absolute Gasteiger partial charge is 0.358 e. The predicted molar refractivity (Wildman–Crippen MR) is 137 cm³/mol. The summed E-state index contributed by atoms with van der Waals surface area (Å²) < 4.78 is 24.9. The highest BCUT2D eigenvalue weighted by molar-refractivity contribution is 7.90. The molecule has 1 aliphatic carbocycles. The Morgan fingerprint density at radius 3 is 2.41 bits per heavy atom. The van der Waals surface area contributed by atoms with Gasteiger partial charge in [-0.05, 0) is 33.1 Å². The van der Waals surface area contributed by atoms with Crippen LogP contribution in [0.4, 0.5) is 5.82 Å². The van der Waals surface area contributed by atoms with Crippen molar-refractivity contribution in [1.82, 2.24) is 39.5 Å². The molecular weight excluding hydrogens is 494 g/mol. The molecule has 192 valence electrons. The van der Waals surface area contributed by atoms with Gasteiger partial charge in [-0.25, -0.2) is 43.3 Å². The molecule has 5 rings (SSSR count). The van der Waals surface area contributed by atoms with E-state index in [0.29, 0.717) is 47.4 Å². The molecule has 0 spiro atoms. The first-order valence-electron chi connectivity index (χ1n) is 12.0. The molecule has 1 saturated carbocycles. The molecule has 13 heteroatoms. The van der Waals surface area contributed by atoms with Crippen molar-refractivity contribution >= 4 is 26.8 Å². The molecule has 0 atom stereocenters. The SMILES string of the molecule is CCCn1c(=O)c(NCc2ncc(S(C)(=O)=O)cn2)nc2c(C)nc(-c3c(C)ncnc3C3CC3)nc21. The average molecular weight is 522 g/mol. The number of hydrogen-bond donors (Lipinski definition) is 1. The Bertz CT molecular complexity index is 1660. The summed E-state index contributed by atoms with van der Waals surface area (Å²) >= 11 is 0. The summed E-state index contributed by atoms with van der Waals surface area (Å²) in [6.07, 6.45) is 8.02. The zero-order valence-corrected chi connectivity index (χ0v) is 21.9. The van der Waals surface area contributed by atoms with E-state index in [1.165, 1.54) is 12.4 Å². The van der Waals surface area contributed by atoms with E-state index in [9.17, 15) is 13.2 Å². The highest BCUT2D eigenvalue weighted by Gasteiger charge is 2.30. The van der Waals surface area contributed by atoms with Crippen LogP contribution in [0.5, 0.6) is 0 Å². The van der Waals surface area contributed by atoms with Crippen molar-refractivity contribution in [3.8, 4) is 11.4 Å². The third-order valence-corrected chi connectivity index (χ3v) is 7.26. The van der Waals surface area contributed by atoms with Crippen LogP contribution in [0.1, 0.15) is 55.0 Å². The molecule has 12 nitrogen and oxygen atoms in total. The van der Waals surface area contributed by atoms with Gasteiger partial charge in [0, 0.05) is 31.1 Å². The lowest BCUT2D eigenvalue weighted by atomic mass is 10.1. The van der Waals surface area contributed by atoms with Crippen molar-refractivity contribution < 1.29 is 8.42 Å². The number of anilines is 1. The van der Waals surface area contributed by atoms with E-state index in [2.05, 4.69) is 30.2 Å². The van der Waals surface area contributed by atoms with Gasteiger partial charge >= 0.3 is 0 Å². The first kappa shape index (κ1) is 24.8. The average Bonchev–Trinajstić information content (AvgIpc) is 3.70. The van der Waals surface area contributed by atoms with E-state index in [4.69, 9.17) is 9.97 Å². The smallest absolute Gasteiger partial charge is 0.294 e. The van der Waals surface area contributed by atoms with Gasteiger partial charge in [0.2, 0.25) is 0 Å². The Balaban J connectivity index is 1.56. The van der Waals surface area contributed by atoms with Crippen molar-refractivity contribution in [3.63, 3.8) is 0 Å². The number of rotatable bonds is 8. The number of nitrogens with one attached hydrogen (secondary N) is 1. The molecule has 1 N–H and O–H groups in total. The Kier molecular flexibility index (Phi) is 6.40. The molecule has 0 saturated heterocycles. The highest BCUT2D eigenvalue weighted by Crippen LogP contribution is 2.43. The second-order valence-electron chi connectivity index (χ2n) is 9.18. The van der Waals surface area contributed by atoms with Crippen LogP contribution in [0.25, 0.3) is 22.6 Å². The molecule has 0 amide bonds. The monoisotopic (exact) mass is 521 g/mol. The van der Waals surface area contributed by atoms with Crippen molar-refractivity contribution in [3.05, 3.63) is 52.0 Å². The van der Waals surface area contributed by atoms with Crippen molar-refractivity contribution in [2.45, 2.75) is 63.9 Å². The maximum Gasteiger partial charge on any atom is 0.294 e. The number of fused-ring (bicyclic) bond motifs is 1. The highest BCUT2D eigenvalue weighted by atomic mass is 32.2. The summed E-state index contributed by atoms with van der Waals surface area (Å²) in [6, 6.07) is 0. The quantitative estimate of drug-likeness (QED) is 0.363. The topological polar surface area (TPSA) is 158 Å². The molecular formula is C24H27N9O3S. The number of hydrogen-bond acceptors (Lipinski definition) is 11. The summed E-state index contributed by atoms with van der Waals surface area (Å²) in [4.78, 5) is 44.6. The van der Waals surface area contributed by atoms with Crippen LogP contribution in [0.2, 0.25) is 0 Å². The van der Waals surface area contributed by atoms with E-state index in [1.54, 1.807) is 10.9 Å². The minimum atomic E-state index is -3.40. The summed E-state index contributed by atoms with van der Waals surface area (Å²) in [5.74, 6) is 1.32. The van der Waals surface area contributed by atoms with Gasteiger partial charge in [0.15, 0.2) is 27.1 Å². The maximum absolute atomic E-state index is 13.4. The van der Waals surface area contributed by atoms with Gasteiger partial charge in [0.25, 0.3) is 5.56 Å². The fraction of sp³-hybridized carbons (Fsp3) is 0.417. The van der Waals surface area contributed by atoms with E-state index in [0.717, 1.165) is 36.0 Å². The van der Waals surface area contributed by atoms with Gasteiger partial charge in [-0.1, -0.05) is 6.92 Å². The Morgan fingerprint density at radius 2 is 1.76 bits per heavy atom. The molecule has 0 radical (unpaired) electrons.